The lowest BCUT2D eigenvalue weighted by molar-refractivity contribution is 0.0954. The van der Waals surface area contributed by atoms with Gasteiger partial charge in [-0.1, -0.05) is 0 Å². The third kappa shape index (κ3) is 4.08. The molecule has 2 N–H and O–H groups in total. The van der Waals surface area contributed by atoms with Crippen LogP contribution in [0.5, 0.6) is 11.5 Å². The molecule has 1 amide bonds. The Morgan fingerprint density at radius 2 is 2.17 bits per heavy atom. The number of aromatic hydroxyl groups is 1. The highest BCUT2D eigenvalue weighted by atomic mass is 79.9. The van der Waals surface area contributed by atoms with Crippen molar-refractivity contribution in [2.24, 2.45) is 5.10 Å². The first-order valence-corrected chi connectivity index (χ1v) is 8.03. The molecule has 0 bridgehead atoms. The van der Waals surface area contributed by atoms with Gasteiger partial charge in [-0.3, -0.25) is 9.78 Å². The van der Waals surface area contributed by atoms with Crippen molar-refractivity contribution >= 4 is 44.0 Å². The van der Waals surface area contributed by atoms with Crippen molar-refractivity contribution in [3.8, 4) is 11.5 Å². The van der Waals surface area contributed by atoms with Gasteiger partial charge < -0.3 is 9.84 Å². The first-order valence-electron chi connectivity index (χ1n) is 6.45. The molecule has 120 valence electrons. The molecule has 1 aromatic carbocycles. The van der Waals surface area contributed by atoms with Crippen LogP contribution < -0.4 is 10.2 Å². The van der Waals surface area contributed by atoms with Crippen molar-refractivity contribution in [2.75, 3.05) is 7.11 Å². The maximum atomic E-state index is 11.9. The van der Waals surface area contributed by atoms with E-state index in [0.29, 0.717) is 20.1 Å². The van der Waals surface area contributed by atoms with E-state index in [1.807, 2.05) is 6.92 Å². The molecule has 0 radical (unpaired) electrons. The smallest absolute Gasteiger partial charge is 0.272 e. The first-order chi connectivity index (χ1) is 10.9. The Morgan fingerprint density at radius 1 is 1.43 bits per heavy atom. The number of halogens is 2. The van der Waals surface area contributed by atoms with E-state index in [1.165, 1.54) is 19.5 Å². The Kier molecular flexibility index (Phi) is 5.73. The quantitative estimate of drug-likeness (QED) is 0.561. The number of carbonyl (C=O) groups is 1. The van der Waals surface area contributed by atoms with E-state index in [2.05, 4.69) is 47.4 Å². The van der Waals surface area contributed by atoms with Gasteiger partial charge in [-0.2, -0.15) is 5.10 Å². The fraction of sp³-hybridized carbons (Fsp3) is 0.133. The SMILES string of the molecule is COc1cc(Br)c(Br)c(/C=N/NC(=O)c2ccc(C)nc2)c1O. The molecule has 8 heteroatoms. The van der Waals surface area contributed by atoms with Crippen LogP contribution in [0.1, 0.15) is 21.6 Å². The molecule has 0 spiro atoms. The minimum Gasteiger partial charge on any atom is -0.504 e. The van der Waals surface area contributed by atoms with Crippen molar-refractivity contribution in [1.82, 2.24) is 10.4 Å². The van der Waals surface area contributed by atoms with E-state index in [-0.39, 0.29) is 11.5 Å². The predicted octanol–water partition coefficient (Wildman–Crippen LogP) is 3.39. The van der Waals surface area contributed by atoms with Crippen LogP contribution in [0.2, 0.25) is 0 Å². The lowest BCUT2D eigenvalue weighted by Gasteiger charge is -2.09. The average molecular weight is 443 g/mol. The maximum Gasteiger partial charge on any atom is 0.272 e. The lowest BCUT2D eigenvalue weighted by atomic mass is 10.2. The Labute approximate surface area is 149 Å². The minimum absolute atomic E-state index is 0.0856. The summed E-state index contributed by atoms with van der Waals surface area (Å²) in [6, 6.07) is 5.01. The number of aromatic nitrogens is 1. The summed E-state index contributed by atoms with van der Waals surface area (Å²) in [5.74, 6) is -0.195. The molecule has 6 nitrogen and oxygen atoms in total. The van der Waals surface area contributed by atoms with E-state index < -0.39 is 5.91 Å². The molecule has 0 atom stereocenters. The highest BCUT2D eigenvalue weighted by Crippen LogP contribution is 2.39. The summed E-state index contributed by atoms with van der Waals surface area (Å²) < 4.78 is 6.34. The van der Waals surface area contributed by atoms with Gasteiger partial charge in [0.05, 0.1) is 24.5 Å². The van der Waals surface area contributed by atoms with E-state index in [4.69, 9.17) is 4.74 Å². The van der Waals surface area contributed by atoms with E-state index in [1.54, 1.807) is 18.2 Å². The lowest BCUT2D eigenvalue weighted by Crippen LogP contribution is -2.17. The number of amides is 1. The number of hydrazone groups is 1. The number of hydrogen-bond donors (Lipinski definition) is 2. The second kappa shape index (κ2) is 7.56. The summed E-state index contributed by atoms with van der Waals surface area (Å²) in [5, 5.41) is 14.0. The van der Waals surface area contributed by atoms with Gasteiger partial charge in [0.1, 0.15) is 0 Å². The average Bonchev–Trinajstić information content (AvgIpc) is 2.54. The molecular formula is C15H13Br2N3O3. The zero-order valence-corrected chi connectivity index (χ0v) is 15.5. The highest BCUT2D eigenvalue weighted by Gasteiger charge is 2.14. The van der Waals surface area contributed by atoms with E-state index in [0.717, 1.165) is 5.69 Å². The van der Waals surface area contributed by atoms with Crippen LogP contribution >= 0.6 is 31.9 Å². The fourth-order valence-electron chi connectivity index (χ4n) is 1.71. The van der Waals surface area contributed by atoms with Crippen LogP contribution in [0, 0.1) is 6.92 Å². The summed E-state index contributed by atoms with van der Waals surface area (Å²) in [5.41, 5.74) is 3.97. The molecule has 0 aliphatic heterocycles. The maximum absolute atomic E-state index is 11.9. The number of methoxy groups -OCH3 is 1. The van der Waals surface area contributed by atoms with E-state index >= 15 is 0 Å². The molecule has 2 rings (SSSR count). The number of hydrogen-bond acceptors (Lipinski definition) is 5. The third-order valence-corrected chi connectivity index (χ3v) is 4.96. The molecule has 2 aromatic rings. The Hall–Kier alpha value is -1.93. The fourth-order valence-corrected chi connectivity index (χ4v) is 2.53. The summed E-state index contributed by atoms with van der Waals surface area (Å²) in [4.78, 5) is 16.0. The highest BCUT2D eigenvalue weighted by molar-refractivity contribution is 9.13. The third-order valence-electron chi connectivity index (χ3n) is 2.95. The summed E-state index contributed by atoms with van der Waals surface area (Å²) in [6.07, 6.45) is 2.79. The number of phenols is 1. The van der Waals surface area contributed by atoms with Gasteiger partial charge in [0, 0.05) is 20.8 Å². The van der Waals surface area contributed by atoms with Crippen LogP contribution in [0.15, 0.2) is 38.4 Å². The Morgan fingerprint density at radius 3 is 2.78 bits per heavy atom. The second-order valence-corrected chi connectivity index (χ2v) is 6.17. The van der Waals surface area contributed by atoms with Gasteiger partial charge in [-0.15, -0.1) is 0 Å². The number of benzene rings is 1. The van der Waals surface area contributed by atoms with Gasteiger partial charge in [-0.05, 0) is 57.0 Å². The molecule has 1 aromatic heterocycles. The molecule has 1 heterocycles. The van der Waals surface area contributed by atoms with Crippen LogP contribution in [0.25, 0.3) is 0 Å². The molecule has 0 fully saturated rings. The standard InChI is InChI=1S/C15H13Br2N3O3/c1-8-3-4-9(6-18-8)15(22)20-19-7-10-13(17)11(16)5-12(23-2)14(10)21/h3-7,21H,1-2H3,(H,20,22)/b19-7+. The Bertz CT molecular complexity index is 762. The zero-order chi connectivity index (χ0) is 17.0. The number of aryl methyl sites for hydroxylation is 1. The van der Waals surface area contributed by atoms with Crippen molar-refractivity contribution in [3.63, 3.8) is 0 Å². The Balaban J connectivity index is 2.19. The summed E-state index contributed by atoms with van der Waals surface area (Å²) in [6.45, 7) is 1.83. The van der Waals surface area contributed by atoms with Gasteiger partial charge in [0.15, 0.2) is 11.5 Å². The number of nitrogens with one attached hydrogen (secondary N) is 1. The van der Waals surface area contributed by atoms with Crippen molar-refractivity contribution in [2.45, 2.75) is 6.92 Å². The number of phenolic OH excluding ortho intramolecular Hbond substituents is 1. The summed E-state index contributed by atoms with van der Waals surface area (Å²) >= 11 is 6.68. The first kappa shape index (κ1) is 17.4. The van der Waals surface area contributed by atoms with Gasteiger partial charge in [0.25, 0.3) is 5.91 Å². The van der Waals surface area contributed by atoms with Crippen LogP contribution in [0.3, 0.4) is 0 Å². The molecule has 0 saturated heterocycles. The number of nitrogens with zero attached hydrogens (tertiary/aromatic N) is 2. The molecule has 0 unspecified atom stereocenters. The van der Waals surface area contributed by atoms with Crippen LogP contribution in [-0.2, 0) is 0 Å². The molecular weight excluding hydrogens is 430 g/mol. The molecule has 0 aliphatic rings. The van der Waals surface area contributed by atoms with Crippen molar-refractivity contribution in [3.05, 3.63) is 50.2 Å². The van der Waals surface area contributed by atoms with Gasteiger partial charge in [0.2, 0.25) is 0 Å². The van der Waals surface area contributed by atoms with Crippen molar-refractivity contribution < 1.29 is 14.6 Å². The second-order valence-electron chi connectivity index (χ2n) is 4.52. The topological polar surface area (TPSA) is 83.8 Å². The van der Waals surface area contributed by atoms with Crippen molar-refractivity contribution in [1.29, 1.82) is 0 Å². The van der Waals surface area contributed by atoms with Crippen LogP contribution in [0.4, 0.5) is 0 Å². The monoisotopic (exact) mass is 441 g/mol. The number of carbonyl (C=O) groups excluding carboxylic acids is 1. The predicted molar refractivity (Wildman–Crippen MR) is 94.1 cm³/mol. The molecule has 0 aliphatic carbocycles. The zero-order valence-electron chi connectivity index (χ0n) is 12.3. The van der Waals surface area contributed by atoms with Gasteiger partial charge in [-0.25, -0.2) is 5.43 Å². The summed E-state index contributed by atoms with van der Waals surface area (Å²) in [7, 11) is 1.45. The number of ether oxygens (including phenoxy) is 1. The van der Waals surface area contributed by atoms with Gasteiger partial charge >= 0.3 is 0 Å². The largest absolute Gasteiger partial charge is 0.504 e. The normalized spacial score (nSPS) is 10.8. The van der Waals surface area contributed by atoms with Crippen LogP contribution in [-0.4, -0.2) is 29.3 Å². The minimum atomic E-state index is -0.397. The number of pyridine rings is 1. The van der Waals surface area contributed by atoms with E-state index in [9.17, 15) is 9.90 Å². The molecule has 0 saturated carbocycles. The molecule has 23 heavy (non-hydrogen) atoms. The number of rotatable bonds is 4.